The predicted octanol–water partition coefficient (Wildman–Crippen LogP) is -0.996. The van der Waals surface area contributed by atoms with Crippen LogP contribution in [-0.4, -0.2) is 104 Å². The van der Waals surface area contributed by atoms with Crippen molar-refractivity contribution < 1.29 is 23.9 Å². The van der Waals surface area contributed by atoms with Gasteiger partial charge in [-0.2, -0.15) is 0 Å². The Balaban J connectivity index is 1.40. The lowest BCUT2D eigenvalue weighted by molar-refractivity contribution is -0.140. The molecule has 10 heteroatoms. The van der Waals surface area contributed by atoms with Crippen molar-refractivity contribution in [2.24, 2.45) is 5.92 Å². The molecule has 1 unspecified atom stereocenters. The van der Waals surface area contributed by atoms with Gasteiger partial charge in [0.2, 0.25) is 11.8 Å². The first-order valence-corrected chi connectivity index (χ1v) is 10.2. The minimum absolute atomic E-state index is 0.0421. The van der Waals surface area contributed by atoms with Crippen LogP contribution in [0.2, 0.25) is 0 Å². The molecule has 0 radical (unpaired) electrons. The van der Waals surface area contributed by atoms with Crippen LogP contribution in [0.25, 0.3) is 0 Å². The van der Waals surface area contributed by atoms with E-state index in [-0.39, 0.29) is 30.2 Å². The van der Waals surface area contributed by atoms with Crippen LogP contribution < -0.4 is 10.6 Å². The van der Waals surface area contributed by atoms with E-state index < -0.39 is 11.6 Å². The number of methoxy groups -OCH3 is 1. The molecule has 2 saturated heterocycles. The topological polar surface area (TPSA) is 111 Å². The molecular weight excluding hydrogens is 378 g/mol. The Labute approximate surface area is 170 Å². The highest BCUT2D eigenvalue weighted by atomic mass is 16.5. The van der Waals surface area contributed by atoms with E-state index in [9.17, 15) is 19.2 Å². The van der Waals surface area contributed by atoms with Crippen LogP contribution in [-0.2, 0) is 19.1 Å². The van der Waals surface area contributed by atoms with E-state index in [0.29, 0.717) is 45.9 Å². The molecule has 29 heavy (non-hydrogen) atoms. The zero-order valence-corrected chi connectivity index (χ0v) is 17.2. The summed E-state index contributed by atoms with van der Waals surface area (Å²) in [5.74, 6) is -0.415. The van der Waals surface area contributed by atoms with Crippen LogP contribution >= 0.6 is 0 Å². The van der Waals surface area contributed by atoms with E-state index in [0.717, 1.165) is 24.2 Å². The summed E-state index contributed by atoms with van der Waals surface area (Å²) in [6, 6.07) is -0.485. The summed E-state index contributed by atoms with van der Waals surface area (Å²) in [4.78, 5) is 54.1. The smallest absolute Gasteiger partial charge is 0.325 e. The van der Waals surface area contributed by atoms with E-state index in [4.69, 9.17) is 4.74 Å². The summed E-state index contributed by atoms with van der Waals surface area (Å²) < 4.78 is 4.95. The maximum Gasteiger partial charge on any atom is 0.325 e. The number of piperazine rings is 1. The molecule has 0 aromatic rings. The van der Waals surface area contributed by atoms with Gasteiger partial charge in [0.15, 0.2) is 0 Å². The molecule has 2 heterocycles. The Morgan fingerprint density at radius 2 is 1.86 bits per heavy atom. The maximum atomic E-state index is 12.6. The van der Waals surface area contributed by atoms with E-state index >= 15 is 0 Å². The van der Waals surface area contributed by atoms with Crippen LogP contribution in [0, 0.1) is 5.92 Å². The number of rotatable bonds is 9. The number of amides is 5. The molecule has 0 aromatic carbocycles. The van der Waals surface area contributed by atoms with Crippen molar-refractivity contribution in [3.63, 3.8) is 0 Å². The molecule has 5 amide bonds. The number of imide groups is 1. The summed E-state index contributed by atoms with van der Waals surface area (Å²) >= 11 is 0. The normalized spacial score (nSPS) is 25.3. The molecule has 2 N–H and O–H groups in total. The number of carbonyl (C=O) groups is 4. The molecule has 3 aliphatic rings. The van der Waals surface area contributed by atoms with Gasteiger partial charge in [0.05, 0.1) is 6.54 Å². The number of urea groups is 1. The van der Waals surface area contributed by atoms with Gasteiger partial charge in [-0.15, -0.1) is 0 Å². The fraction of sp³-hybridized carbons (Fsp3) is 0.789. The molecule has 3 fully saturated rings. The van der Waals surface area contributed by atoms with Crippen molar-refractivity contribution >= 4 is 23.8 Å². The highest BCUT2D eigenvalue weighted by Crippen LogP contribution is 2.42. The monoisotopic (exact) mass is 409 g/mol. The molecule has 3 rings (SSSR count). The summed E-state index contributed by atoms with van der Waals surface area (Å²) in [6.07, 6.45) is 2.62. The van der Waals surface area contributed by atoms with Crippen LogP contribution in [0.5, 0.6) is 0 Å². The number of carbonyl (C=O) groups excluding carboxylic acids is 4. The fourth-order valence-corrected chi connectivity index (χ4v) is 3.89. The molecule has 0 spiro atoms. The van der Waals surface area contributed by atoms with Crippen molar-refractivity contribution in [1.29, 1.82) is 0 Å². The van der Waals surface area contributed by atoms with Gasteiger partial charge in [0, 0.05) is 46.4 Å². The lowest BCUT2D eigenvalue weighted by atomic mass is 9.96. The SMILES string of the molecule is COCCCNC(=O)CN1CCN(C(=O)CN2C(=O)NC(C)(C3CC3)C2=O)CC1. The lowest BCUT2D eigenvalue weighted by Crippen LogP contribution is -2.53. The lowest BCUT2D eigenvalue weighted by Gasteiger charge is -2.34. The average molecular weight is 409 g/mol. The molecule has 10 nitrogen and oxygen atoms in total. The Hall–Kier alpha value is -2.20. The van der Waals surface area contributed by atoms with E-state index in [2.05, 4.69) is 10.6 Å². The van der Waals surface area contributed by atoms with Crippen molar-refractivity contribution in [3.05, 3.63) is 0 Å². The standard InChI is InChI=1S/C19H31N5O5/c1-19(14-4-5-14)17(27)24(18(28)21-19)13-16(26)23-9-7-22(8-10-23)12-15(25)20-6-3-11-29-2/h14H,3-13H2,1-2H3,(H,20,25)(H,21,28). The first-order chi connectivity index (χ1) is 13.8. The zero-order chi connectivity index (χ0) is 21.0. The third-order valence-corrected chi connectivity index (χ3v) is 5.93. The van der Waals surface area contributed by atoms with Gasteiger partial charge in [-0.1, -0.05) is 0 Å². The van der Waals surface area contributed by atoms with Crippen LogP contribution in [0.3, 0.4) is 0 Å². The van der Waals surface area contributed by atoms with Crippen LogP contribution in [0.4, 0.5) is 4.79 Å². The summed E-state index contributed by atoms with van der Waals surface area (Å²) in [7, 11) is 1.63. The number of nitrogens with one attached hydrogen (secondary N) is 2. The number of ether oxygens (including phenoxy) is 1. The maximum absolute atomic E-state index is 12.6. The first kappa shape index (κ1) is 21.5. The second-order valence-electron chi connectivity index (χ2n) is 8.15. The molecule has 1 atom stereocenters. The van der Waals surface area contributed by atoms with Crippen molar-refractivity contribution in [2.45, 2.75) is 31.7 Å². The van der Waals surface area contributed by atoms with Crippen molar-refractivity contribution in [3.8, 4) is 0 Å². The van der Waals surface area contributed by atoms with E-state index in [1.807, 2.05) is 4.90 Å². The Kier molecular flexibility index (Phi) is 6.74. The third kappa shape index (κ3) is 5.05. The van der Waals surface area contributed by atoms with Gasteiger partial charge in [0.25, 0.3) is 5.91 Å². The van der Waals surface area contributed by atoms with Gasteiger partial charge in [-0.3, -0.25) is 24.2 Å². The van der Waals surface area contributed by atoms with Gasteiger partial charge >= 0.3 is 6.03 Å². The second kappa shape index (κ2) is 9.08. The molecule has 162 valence electrons. The summed E-state index contributed by atoms with van der Waals surface area (Å²) in [5.41, 5.74) is -0.868. The largest absolute Gasteiger partial charge is 0.385 e. The minimum Gasteiger partial charge on any atom is -0.385 e. The molecule has 1 aliphatic carbocycles. The third-order valence-electron chi connectivity index (χ3n) is 5.93. The van der Waals surface area contributed by atoms with Gasteiger partial charge in [0.1, 0.15) is 12.1 Å². The predicted molar refractivity (Wildman–Crippen MR) is 104 cm³/mol. The van der Waals surface area contributed by atoms with Gasteiger partial charge < -0.3 is 20.3 Å². The van der Waals surface area contributed by atoms with Crippen LogP contribution in [0.1, 0.15) is 26.2 Å². The van der Waals surface area contributed by atoms with Crippen molar-refractivity contribution in [2.75, 3.05) is 59.5 Å². The number of nitrogens with zero attached hydrogens (tertiary/aromatic N) is 3. The van der Waals surface area contributed by atoms with Crippen molar-refractivity contribution in [1.82, 2.24) is 25.3 Å². The average Bonchev–Trinajstić information content (AvgIpc) is 3.52. The minimum atomic E-state index is -0.868. The highest BCUT2D eigenvalue weighted by Gasteiger charge is 2.56. The zero-order valence-electron chi connectivity index (χ0n) is 17.2. The highest BCUT2D eigenvalue weighted by molar-refractivity contribution is 6.09. The fourth-order valence-electron chi connectivity index (χ4n) is 3.89. The molecule has 1 saturated carbocycles. The van der Waals surface area contributed by atoms with Gasteiger partial charge in [-0.25, -0.2) is 4.79 Å². The Morgan fingerprint density at radius 3 is 2.48 bits per heavy atom. The summed E-state index contributed by atoms with van der Waals surface area (Å²) in [5, 5.41) is 5.61. The number of hydrogen-bond acceptors (Lipinski definition) is 6. The summed E-state index contributed by atoms with van der Waals surface area (Å²) in [6.45, 7) is 5.10. The molecular formula is C19H31N5O5. The molecule has 0 aromatic heterocycles. The first-order valence-electron chi connectivity index (χ1n) is 10.2. The van der Waals surface area contributed by atoms with E-state index in [1.165, 1.54) is 0 Å². The Morgan fingerprint density at radius 1 is 1.17 bits per heavy atom. The quantitative estimate of drug-likeness (QED) is 0.373. The van der Waals surface area contributed by atoms with E-state index in [1.54, 1.807) is 18.9 Å². The number of hydrogen-bond donors (Lipinski definition) is 2. The van der Waals surface area contributed by atoms with Gasteiger partial charge in [-0.05, 0) is 32.1 Å². The Bertz CT molecular complexity index is 659. The molecule has 2 aliphatic heterocycles. The molecule has 0 bridgehead atoms. The second-order valence-corrected chi connectivity index (χ2v) is 8.15. The van der Waals surface area contributed by atoms with Crippen LogP contribution in [0.15, 0.2) is 0 Å².